The van der Waals surface area contributed by atoms with Crippen LogP contribution in [0.4, 0.5) is 0 Å². The van der Waals surface area contributed by atoms with Crippen LogP contribution in [0.25, 0.3) is 0 Å². The van der Waals surface area contributed by atoms with Crippen molar-refractivity contribution in [2.24, 2.45) is 0 Å². The number of aliphatic hydroxyl groups is 1. The van der Waals surface area contributed by atoms with Crippen molar-refractivity contribution in [3.05, 3.63) is 0 Å². The van der Waals surface area contributed by atoms with E-state index in [1.165, 1.54) is 25.7 Å². The van der Waals surface area contributed by atoms with Crippen LogP contribution in [-0.4, -0.2) is 54.3 Å². The van der Waals surface area contributed by atoms with E-state index in [2.05, 4.69) is 16.8 Å². The zero-order valence-corrected chi connectivity index (χ0v) is 19.4. The number of rotatable bonds is 20. The number of esters is 1. The summed E-state index contributed by atoms with van der Waals surface area (Å²) in [5.41, 5.74) is 0. The normalized spacial score (nSPS) is 14.1. The molecule has 0 spiro atoms. The number of carbonyl (C=O) groups is 2. The Bertz CT molecular complexity index is 503. The molecule has 0 saturated carbocycles. The molecular formula is C20H40NO8P. The van der Waals surface area contributed by atoms with Gasteiger partial charge in [0.05, 0.1) is 13.2 Å². The fraction of sp³-hybridized carbons (Fsp3) is 0.900. The summed E-state index contributed by atoms with van der Waals surface area (Å²) in [6.07, 6.45) is 8.76. The van der Waals surface area contributed by atoms with Gasteiger partial charge in [0.15, 0.2) is 0 Å². The standard InChI is InChI=1S/C20H40NO8P/c1-3-5-7-8-9-10-11-13-20(24)27-16-18(22)17-29-30(25,26)28-15-14-21-19(23)12-6-4-2/h18,22H,3-17H2,1-2H3,(H,21,23)(H,25,26). The highest BCUT2D eigenvalue weighted by Gasteiger charge is 2.23. The lowest BCUT2D eigenvalue weighted by molar-refractivity contribution is -0.147. The van der Waals surface area contributed by atoms with Crippen molar-refractivity contribution < 1.29 is 37.9 Å². The minimum Gasteiger partial charge on any atom is -0.463 e. The van der Waals surface area contributed by atoms with Gasteiger partial charge < -0.3 is 20.1 Å². The number of unbranched alkanes of at least 4 members (excludes halogenated alkanes) is 7. The number of ether oxygens (including phenoxy) is 1. The first-order valence-electron chi connectivity index (χ1n) is 11.0. The molecule has 0 rings (SSSR count). The molecule has 178 valence electrons. The third-order valence-electron chi connectivity index (χ3n) is 4.29. The number of carbonyl (C=O) groups excluding carboxylic acids is 2. The van der Waals surface area contributed by atoms with Gasteiger partial charge in [0.1, 0.15) is 12.7 Å². The number of phosphoric ester groups is 1. The fourth-order valence-electron chi connectivity index (χ4n) is 2.53. The number of hydrogen-bond acceptors (Lipinski definition) is 7. The predicted octanol–water partition coefficient (Wildman–Crippen LogP) is 3.47. The van der Waals surface area contributed by atoms with E-state index < -0.39 is 26.5 Å². The molecule has 0 saturated heterocycles. The van der Waals surface area contributed by atoms with Crippen molar-refractivity contribution in [3.63, 3.8) is 0 Å². The van der Waals surface area contributed by atoms with Crippen molar-refractivity contribution in [2.75, 3.05) is 26.4 Å². The number of phosphoric acid groups is 1. The van der Waals surface area contributed by atoms with E-state index in [4.69, 9.17) is 9.26 Å². The van der Waals surface area contributed by atoms with Crippen LogP contribution in [-0.2, 0) is 27.9 Å². The average Bonchev–Trinajstić information content (AvgIpc) is 2.71. The van der Waals surface area contributed by atoms with Crippen molar-refractivity contribution in [1.29, 1.82) is 0 Å². The van der Waals surface area contributed by atoms with Crippen LogP contribution in [0.2, 0.25) is 0 Å². The molecule has 0 aromatic heterocycles. The van der Waals surface area contributed by atoms with E-state index in [0.29, 0.717) is 6.42 Å². The van der Waals surface area contributed by atoms with Crippen LogP contribution in [0.5, 0.6) is 0 Å². The summed E-state index contributed by atoms with van der Waals surface area (Å²) in [7, 11) is -4.36. The Morgan fingerprint density at radius 2 is 1.53 bits per heavy atom. The number of amides is 1. The Morgan fingerprint density at radius 1 is 0.900 bits per heavy atom. The Balaban J connectivity index is 3.75. The van der Waals surface area contributed by atoms with Gasteiger partial charge in [0.25, 0.3) is 0 Å². The van der Waals surface area contributed by atoms with Crippen LogP contribution in [0.15, 0.2) is 0 Å². The number of aliphatic hydroxyl groups excluding tert-OH is 1. The van der Waals surface area contributed by atoms with Gasteiger partial charge in [-0.15, -0.1) is 0 Å². The molecule has 0 aliphatic carbocycles. The second kappa shape index (κ2) is 18.8. The molecule has 0 heterocycles. The molecule has 10 heteroatoms. The van der Waals surface area contributed by atoms with E-state index in [1.54, 1.807) is 0 Å². The largest absolute Gasteiger partial charge is 0.472 e. The molecule has 9 nitrogen and oxygen atoms in total. The highest BCUT2D eigenvalue weighted by molar-refractivity contribution is 7.47. The van der Waals surface area contributed by atoms with Crippen LogP contribution in [0.3, 0.4) is 0 Å². The summed E-state index contributed by atoms with van der Waals surface area (Å²) >= 11 is 0. The molecule has 0 aliphatic heterocycles. The summed E-state index contributed by atoms with van der Waals surface area (Å²) in [6, 6.07) is 0. The second-order valence-electron chi connectivity index (χ2n) is 7.26. The lowest BCUT2D eigenvalue weighted by atomic mass is 10.1. The molecule has 3 N–H and O–H groups in total. The highest BCUT2D eigenvalue weighted by Crippen LogP contribution is 2.42. The summed E-state index contributed by atoms with van der Waals surface area (Å²) in [5, 5.41) is 12.3. The van der Waals surface area contributed by atoms with Gasteiger partial charge in [0.2, 0.25) is 5.91 Å². The van der Waals surface area contributed by atoms with E-state index >= 15 is 0 Å². The lowest BCUT2D eigenvalue weighted by Gasteiger charge is -2.15. The van der Waals surface area contributed by atoms with Crippen LogP contribution < -0.4 is 5.32 Å². The molecule has 30 heavy (non-hydrogen) atoms. The molecule has 0 bridgehead atoms. The monoisotopic (exact) mass is 453 g/mol. The van der Waals surface area contributed by atoms with Gasteiger partial charge in [-0.2, -0.15) is 0 Å². The molecule has 0 aromatic rings. The third-order valence-corrected chi connectivity index (χ3v) is 5.27. The highest BCUT2D eigenvalue weighted by atomic mass is 31.2. The third kappa shape index (κ3) is 19.0. The van der Waals surface area contributed by atoms with Crippen molar-refractivity contribution in [2.45, 2.75) is 90.6 Å². The first kappa shape index (κ1) is 29.0. The summed E-state index contributed by atoms with van der Waals surface area (Å²) in [5.74, 6) is -0.562. The van der Waals surface area contributed by atoms with Crippen molar-refractivity contribution in [3.8, 4) is 0 Å². The molecular weight excluding hydrogens is 413 g/mol. The zero-order chi connectivity index (χ0) is 22.7. The van der Waals surface area contributed by atoms with E-state index in [9.17, 15) is 24.2 Å². The van der Waals surface area contributed by atoms with Gasteiger partial charge in [0, 0.05) is 19.4 Å². The number of hydrogen-bond donors (Lipinski definition) is 3. The Morgan fingerprint density at radius 3 is 2.20 bits per heavy atom. The zero-order valence-electron chi connectivity index (χ0n) is 18.5. The van der Waals surface area contributed by atoms with Crippen molar-refractivity contribution in [1.82, 2.24) is 5.32 Å². The summed E-state index contributed by atoms with van der Waals surface area (Å²) in [6.45, 7) is 3.19. The van der Waals surface area contributed by atoms with Gasteiger partial charge in [-0.05, 0) is 12.8 Å². The topological polar surface area (TPSA) is 131 Å². The maximum Gasteiger partial charge on any atom is 0.472 e. The first-order chi connectivity index (χ1) is 14.3. The van der Waals surface area contributed by atoms with Gasteiger partial charge >= 0.3 is 13.8 Å². The van der Waals surface area contributed by atoms with E-state index in [-0.39, 0.29) is 32.1 Å². The maximum atomic E-state index is 11.7. The molecule has 0 aliphatic rings. The van der Waals surface area contributed by atoms with Crippen LogP contribution >= 0.6 is 7.82 Å². The van der Waals surface area contributed by atoms with E-state index in [1.807, 2.05) is 6.92 Å². The predicted molar refractivity (Wildman–Crippen MR) is 114 cm³/mol. The van der Waals surface area contributed by atoms with Gasteiger partial charge in [-0.3, -0.25) is 18.6 Å². The quantitative estimate of drug-likeness (QED) is 0.145. The number of nitrogens with one attached hydrogen (secondary N) is 1. The Kier molecular flexibility index (Phi) is 18.1. The SMILES string of the molecule is CCCCCCCCCC(=O)OCC(O)COP(=O)(O)OCCNC(=O)CCCC. The lowest BCUT2D eigenvalue weighted by Crippen LogP contribution is -2.27. The van der Waals surface area contributed by atoms with Crippen LogP contribution in [0.1, 0.15) is 84.5 Å². The fourth-order valence-corrected chi connectivity index (χ4v) is 3.29. The Labute approximate surface area is 180 Å². The van der Waals surface area contributed by atoms with Crippen LogP contribution in [0, 0.1) is 0 Å². The molecule has 1 amide bonds. The molecule has 2 unspecified atom stereocenters. The van der Waals surface area contributed by atoms with E-state index in [0.717, 1.165) is 32.1 Å². The average molecular weight is 454 g/mol. The Hall–Kier alpha value is -0.990. The minimum atomic E-state index is -4.36. The summed E-state index contributed by atoms with van der Waals surface area (Å²) < 4.78 is 26.1. The molecule has 0 fully saturated rings. The van der Waals surface area contributed by atoms with Crippen molar-refractivity contribution >= 4 is 19.7 Å². The first-order valence-corrected chi connectivity index (χ1v) is 12.5. The minimum absolute atomic E-state index is 0.0786. The molecule has 0 radical (unpaired) electrons. The van der Waals surface area contributed by atoms with Gasteiger partial charge in [-0.25, -0.2) is 4.57 Å². The summed E-state index contributed by atoms with van der Waals surface area (Å²) in [4.78, 5) is 32.6. The van der Waals surface area contributed by atoms with Gasteiger partial charge in [-0.1, -0.05) is 58.8 Å². The smallest absolute Gasteiger partial charge is 0.463 e. The maximum absolute atomic E-state index is 11.7. The molecule has 2 atom stereocenters. The molecule has 0 aromatic carbocycles. The second-order valence-corrected chi connectivity index (χ2v) is 8.71.